The van der Waals surface area contributed by atoms with Crippen LogP contribution >= 0.6 is 0 Å². The Bertz CT molecular complexity index is 663. The molecule has 0 fully saturated rings. The average Bonchev–Trinajstić information content (AvgIpc) is 3.02. The van der Waals surface area contributed by atoms with Gasteiger partial charge in [0.2, 0.25) is 6.79 Å². The first-order chi connectivity index (χ1) is 10.8. The third-order valence-corrected chi connectivity index (χ3v) is 3.12. The van der Waals surface area contributed by atoms with Crippen molar-refractivity contribution >= 4 is 5.97 Å². The van der Waals surface area contributed by atoms with Gasteiger partial charge in [0.25, 0.3) is 0 Å². The molecule has 0 atom stereocenters. The molecule has 0 spiro atoms. The van der Waals surface area contributed by atoms with Crippen molar-refractivity contribution in [3.63, 3.8) is 0 Å². The minimum absolute atomic E-state index is 0.114. The summed E-state index contributed by atoms with van der Waals surface area (Å²) in [5, 5.41) is 0. The lowest BCUT2D eigenvalue weighted by Crippen LogP contribution is -2.09. The summed E-state index contributed by atoms with van der Waals surface area (Å²) in [6.07, 6.45) is 0.942. The Morgan fingerprint density at radius 1 is 1.09 bits per heavy atom. The predicted octanol–water partition coefficient (Wildman–Crippen LogP) is 3.42. The second-order valence-electron chi connectivity index (χ2n) is 4.75. The van der Waals surface area contributed by atoms with Crippen molar-refractivity contribution in [1.29, 1.82) is 0 Å². The summed E-state index contributed by atoms with van der Waals surface area (Å²) in [6, 6.07) is 12.1. The number of benzene rings is 2. The van der Waals surface area contributed by atoms with E-state index >= 15 is 0 Å². The second kappa shape index (κ2) is 6.39. The van der Waals surface area contributed by atoms with Gasteiger partial charge < -0.3 is 18.9 Å². The highest BCUT2D eigenvalue weighted by Gasteiger charge is 2.23. The van der Waals surface area contributed by atoms with Crippen molar-refractivity contribution in [3.8, 4) is 23.0 Å². The van der Waals surface area contributed by atoms with Crippen LogP contribution in [-0.2, 0) is 0 Å². The molecule has 0 saturated carbocycles. The van der Waals surface area contributed by atoms with Gasteiger partial charge in [-0.05, 0) is 42.8 Å². The van der Waals surface area contributed by atoms with Crippen molar-refractivity contribution in [2.75, 3.05) is 13.4 Å². The van der Waals surface area contributed by atoms with Crippen molar-refractivity contribution in [2.45, 2.75) is 13.3 Å². The van der Waals surface area contributed by atoms with E-state index in [1.165, 1.54) is 0 Å². The van der Waals surface area contributed by atoms with Crippen molar-refractivity contribution < 1.29 is 23.7 Å². The molecular formula is C17H16O5. The third-order valence-electron chi connectivity index (χ3n) is 3.12. The molecule has 2 aromatic rings. The summed E-state index contributed by atoms with van der Waals surface area (Å²) in [6.45, 7) is 2.82. The van der Waals surface area contributed by atoms with Crippen LogP contribution in [0.15, 0.2) is 42.5 Å². The summed E-state index contributed by atoms with van der Waals surface area (Å²) in [4.78, 5) is 12.2. The van der Waals surface area contributed by atoms with Gasteiger partial charge in [0.1, 0.15) is 17.1 Å². The fourth-order valence-electron chi connectivity index (χ4n) is 2.08. The minimum atomic E-state index is -0.482. The van der Waals surface area contributed by atoms with E-state index in [2.05, 4.69) is 0 Å². The van der Waals surface area contributed by atoms with E-state index in [9.17, 15) is 4.79 Å². The van der Waals surface area contributed by atoms with E-state index in [-0.39, 0.29) is 6.79 Å². The van der Waals surface area contributed by atoms with Crippen molar-refractivity contribution in [1.82, 2.24) is 0 Å². The van der Waals surface area contributed by atoms with Gasteiger partial charge in [-0.3, -0.25) is 0 Å². The molecule has 0 amide bonds. The average molecular weight is 300 g/mol. The lowest BCUT2D eigenvalue weighted by molar-refractivity contribution is 0.0730. The standard InChI is InChI=1S/C17H16O5/c1-2-10-19-12-6-8-13(9-7-12)22-17(18)14-4-3-5-15-16(14)21-11-20-15/h3-9H,2,10-11H2,1H3. The summed E-state index contributed by atoms with van der Waals surface area (Å²) in [7, 11) is 0. The Kier molecular flexibility index (Phi) is 4.14. The fraction of sp³-hybridized carbons (Fsp3) is 0.235. The zero-order valence-corrected chi connectivity index (χ0v) is 12.2. The SMILES string of the molecule is CCCOc1ccc(OC(=O)c2cccc3c2OCO3)cc1. The quantitative estimate of drug-likeness (QED) is 0.625. The first-order valence-electron chi connectivity index (χ1n) is 7.11. The number of fused-ring (bicyclic) bond motifs is 1. The summed E-state index contributed by atoms with van der Waals surface area (Å²) < 4.78 is 21.4. The Morgan fingerprint density at radius 2 is 1.86 bits per heavy atom. The molecule has 3 rings (SSSR count). The Labute approximate surface area is 128 Å². The maximum absolute atomic E-state index is 12.2. The van der Waals surface area contributed by atoms with Crippen molar-refractivity contribution in [3.05, 3.63) is 48.0 Å². The molecular weight excluding hydrogens is 284 g/mol. The molecule has 0 saturated heterocycles. The van der Waals surface area contributed by atoms with E-state index in [0.29, 0.717) is 29.4 Å². The number of carbonyl (C=O) groups is 1. The molecule has 1 aliphatic heterocycles. The van der Waals surface area contributed by atoms with Crippen LogP contribution in [0.5, 0.6) is 23.0 Å². The molecule has 2 aromatic carbocycles. The maximum Gasteiger partial charge on any atom is 0.347 e. The summed E-state index contributed by atoms with van der Waals surface area (Å²) in [5.41, 5.74) is 0.348. The molecule has 0 radical (unpaired) electrons. The topological polar surface area (TPSA) is 54.0 Å². The zero-order valence-electron chi connectivity index (χ0n) is 12.2. The minimum Gasteiger partial charge on any atom is -0.494 e. The molecule has 5 nitrogen and oxygen atoms in total. The van der Waals surface area contributed by atoms with E-state index in [4.69, 9.17) is 18.9 Å². The van der Waals surface area contributed by atoms with Crippen LogP contribution in [0.3, 0.4) is 0 Å². The molecule has 0 N–H and O–H groups in total. The monoisotopic (exact) mass is 300 g/mol. The Morgan fingerprint density at radius 3 is 2.64 bits per heavy atom. The van der Waals surface area contributed by atoms with E-state index in [0.717, 1.165) is 12.2 Å². The van der Waals surface area contributed by atoms with Crippen LogP contribution in [0.4, 0.5) is 0 Å². The van der Waals surface area contributed by atoms with Gasteiger partial charge in [-0.25, -0.2) is 4.79 Å². The zero-order chi connectivity index (χ0) is 15.4. The molecule has 22 heavy (non-hydrogen) atoms. The number of para-hydroxylation sites is 1. The molecule has 5 heteroatoms. The van der Waals surface area contributed by atoms with Gasteiger partial charge in [-0.1, -0.05) is 13.0 Å². The van der Waals surface area contributed by atoms with Crippen LogP contribution in [0.1, 0.15) is 23.7 Å². The third kappa shape index (κ3) is 2.98. The van der Waals surface area contributed by atoms with Gasteiger partial charge in [-0.15, -0.1) is 0 Å². The molecule has 114 valence electrons. The highest BCUT2D eigenvalue weighted by Crippen LogP contribution is 2.35. The van der Waals surface area contributed by atoms with Gasteiger partial charge in [-0.2, -0.15) is 0 Å². The number of hydrogen-bond donors (Lipinski definition) is 0. The largest absolute Gasteiger partial charge is 0.494 e. The predicted molar refractivity (Wildman–Crippen MR) is 79.8 cm³/mol. The maximum atomic E-state index is 12.2. The lowest BCUT2D eigenvalue weighted by Gasteiger charge is -2.08. The fourth-order valence-corrected chi connectivity index (χ4v) is 2.08. The number of ether oxygens (including phenoxy) is 4. The number of carbonyl (C=O) groups excluding carboxylic acids is 1. The number of hydrogen-bond acceptors (Lipinski definition) is 5. The lowest BCUT2D eigenvalue weighted by atomic mass is 10.2. The summed E-state index contributed by atoms with van der Waals surface area (Å²) in [5.74, 6) is 1.70. The first kappa shape index (κ1) is 14.3. The highest BCUT2D eigenvalue weighted by atomic mass is 16.7. The number of esters is 1. The van der Waals surface area contributed by atoms with Gasteiger partial charge >= 0.3 is 5.97 Å². The number of rotatable bonds is 5. The van der Waals surface area contributed by atoms with Gasteiger partial charge in [0, 0.05) is 0 Å². The molecule has 0 bridgehead atoms. The molecule has 1 heterocycles. The van der Waals surface area contributed by atoms with Crippen LogP contribution in [0, 0.1) is 0 Å². The van der Waals surface area contributed by atoms with E-state index in [1.807, 2.05) is 6.92 Å². The van der Waals surface area contributed by atoms with Gasteiger partial charge in [0.05, 0.1) is 6.61 Å². The van der Waals surface area contributed by atoms with Crippen molar-refractivity contribution in [2.24, 2.45) is 0 Å². The van der Waals surface area contributed by atoms with Crippen LogP contribution in [0.25, 0.3) is 0 Å². The molecule has 0 aromatic heterocycles. The first-order valence-corrected chi connectivity index (χ1v) is 7.11. The van der Waals surface area contributed by atoms with Crippen LogP contribution < -0.4 is 18.9 Å². The second-order valence-corrected chi connectivity index (χ2v) is 4.75. The van der Waals surface area contributed by atoms with Crippen LogP contribution in [-0.4, -0.2) is 19.4 Å². The molecule has 1 aliphatic rings. The van der Waals surface area contributed by atoms with E-state index in [1.54, 1.807) is 42.5 Å². The Balaban J connectivity index is 1.71. The normalized spacial score (nSPS) is 12.0. The molecule has 0 unspecified atom stereocenters. The highest BCUT2D eigenvalue weighted by molar-refractivity contribution is 5.95. The van der Waals surface area contributed by atoms with E-state index < -0.39 is 5.97 Å². The molecule has 0 aliphatic carbocycles. The Hall–Kier alpha value is -2.69. The smallest absolute Gasteiger partial charge is 0.347 e. The van der Waals surface area contributed by atoms with Gasteiger partial charge in [0.15, 0.2) is 11.5 Å². The summed E-state index contributed by atoms with van der Waals surface area (Å²) >= 11 is 0. The van der Waals surface area contributed by atoms with Crippen LogP contribution in [0.2, 0.25) is 0 Å².